The summed E-state index contributed by atoms with van der Waals surface area (Å²) in [5.74, 6) is 1.25. The monoisotopic (exact) mass is 224 g/mol. The number of hydrogen-bond acceptors (Lipinski definition) is 5. The first-order chi connectivity index (χ1) is 7.66. The molecule has 1 aromatic carbocycles. The second kappa shape index (κ2) is 4.28. The molecule has 1 unspecified atom stereocenters. The van der Waals surface area contributed by atoms with Gasteiger partial charge >= 0.3 is 0 Å². The van der Waals surface area contributed by atoms with Crippen LogP contribution in [-0.2, 0) is 4.79 Å². The Morgan fingerprint density at radius 3 is 2.94 bits per heavy atom. The Kier molecular flexibility index (Phi) is 2.82. The molecule has 2 rings (SSSR count). The van der Waals surface area contributed by atoms with Crippen LogP contribution in [0.4, 0.5) is 0 Å². The van der Waals surface area contributed by atoms with Crippen molar-refractivity contribution in [2.75, 3.05) is 13.4 Å². The summed E-state index contributed by atoms with van der Waals surface area (Å²) in [7, 11) is 0. The van der Waals surface area contributed by atoms with Crippen LogP contribution in [0.2, 0.25) is 0 Å². The second-order valence-corrected chi connectivity index (χ2v) is 3.33. The van der Waals surface area contributed by atoms with Gasteiger partial charge in [0.1, 0.15) is 18.4 Å². The van der Waals surface area contributed by atoms with Crippen LogP contribution in [0.5, 0.6) is 17.2 Å². The van der Waals surface area contributed by atoms with Crippen molar-refractivity contribution in [3.05, 3.63) is 18.2 Å². The average Bonchev–Trinajstić information content (AvgIpc) is 2.72. The maximum absolute atomic E-state index is 10.7. The van der Waals surface area contributed by atoms with Gasteiger partial charge in [-0.05, 0) is 12.1 Å². The Morgan fingerprint density at radius 1 is 1.44 bits per heavy atom. The lowest BCUT2D eigenvalue weighted by molar-refractivity contribution is -0.119. The van der Waals surface area contributed by atoms with E-state index >= 15 is 0 Å². The number of hydrogen-bond donors (Lipinski definition) is 2. The van der Waals surface area contributed by atoms with Gasteiger partial charge in [-0.2, -0.15) is 0 Å². The van der Waals surface area contributed by atoms with Crippen molar-refractivity contribution in [2.24, 2.45) is 11.5 Å². The van der Waals surface area contributed by atoms with Gasteiger partial charge in [0.05, 0.1) is 0 Å². The highest BCUT2D eigenvalue weighted by Crippen LogP contribution is 2.34. The number of amides is 1. The van der Waals surface area contributed by atoms with E-state index in [4.69, 9.17) is 25.7 Å². The number of carbonyl (C=O) groups is 1. The summed E-state index contributed by atoms with van der Waals surface area (Å²) < 4.78 is 15.6. The van der Waals surface area contributed by atoms with E-state index in [0.29, 0.717) is 17.2 Å². The second-order valence-electron chi connectivity index (χ2n) is 3.33. The first kappa shape index (κ1) is 10.6. The van der Waals surface area contributed by atoms with Crippen molar-refractivity contribution < 1.29 is 19.0 Å². The summed E-state index contributed by atoms with van der Waals surface area (Å²) in [6.07, 6.45) is 0. The third-order valence-corrected chi connectivity index (χ3v) is 2.14. The number of carbonyl (C=O) groups excluding carboxylic acids is 1. The van der Waals surface area contributed by atoms with Crippen molar-refractivity contribution in [2.45, 2.75) is 6.04 Å². The number of benzene rings is 1. The maximum atomic E-state index is 10.7. The summed E-state index contributed by atoms with van der Waals surface area (Å²) >= 11 is 0. The fraction of sp³-hybridized carbons (Fsp3) is 0.300. The van der Waals surface area contributed by atoms with Crippen LogP contribution in [0, 0.1) is 0 Å². The number of primary amides is 1. The van der Waals surface area contributed by atoms with Crippen LogP contribution >= 0.6 is 0 Å². The predicted molar refractivity (Wildman–Crippen MR) is 55.2 cm³/mol. The first-order valence-electron chi connectivity index (χ1n) is 4.74. The Balaban J connectivity index is 1.98. The molecule has 0 radical (unpaired) electrons. The van der Waals surface area contributed by atoms with Gasteiger partial charge in [0.25, 0.3) is 0 Å². The van der Waals surface area contributed by atoms with Crippen molar-refractivity contribution in [1.82, 2.24) is 0 Å². The van der Waals surface area contributed by atoms with E-state index < -0.39 is 11.9 Å². The van der Waals surface area contributed by atoms with Gasteiger partial charge < -0.3 is 25.7 Å². The smallest absolute Gasteiger partial charge is 0.237 e. The van der Waals surface area contributed by atoms with Crippen LogP contribution in [0.1, 0.15) is 0 Å². The van der Waals surface area contributed by atoms with Crippen LogP contribution in [0.15, 0.2) is 18.2 Å². The summed E-state index contributed by atoms with van der Waals surface area (Å²) in [5.41, 5.74) is 10.4. The van der Waals surface area contributed by atoms with E-state index in [1.54, 1.807) is 18.2 Å². The maximum Gasteiger partial charge on any atom is 0.237 e. The topological polar surface area (TPSA) is 96.8 Å². The largest absolute Gasteiger partial charge is 0.491 e. The van der Waals surface area contributed by atoms with Crippen LogP contribution in [-0.4, -0.2) is 25.3 Å². The van der Waals surface area contributed by atoms with Gasteiger partial charge in [0.15, 0.2) is 11.5 Å². The highest BCUT2D eigenvalue weighted by Gasteiger charge is 2.15. The molecular formula is C10H12N2O4. The van der Waals surface area contributed by atoms with Gasteiger partial charge in [-0.3, -0.25) is 4.79 Å². The molecule has 0 aliphatic carbocycles. The van der Waals surface area contributed by atoms with Gasteiger partial charge in [0, 0.05) is 6.07 Å². The van der Waals surface area contributed by atoms with Crippen molar-refractivity contribution in [1.29, 1.82) is 0 Å². The fourth-order valence-electron chi connectivity index (χ4n) is 1.23. The average molecular weight is 224 g/mol. The third-order valence-electron chi connectivity index (χ3n) is 2.14. The lowest BCUT2D eigenvalue weighted by atomic mass is 10.3. The van der Waals surface area contributed by atoms with Crippen LogP contribution in [0.3, 0.4) is 0 Å². The molecule has 16 heavy (non-hydrogen) atoms. The zero-order valence-corrected chi connectivity index (χ0v) is 8.51. The quantitative estimate of drug-likeness (QED) is 0.725. The minimum Gasteiger partial charge on any atom is -0.491 e. The molecule has 0 fully saturated rings. The molecule has 0 saturated carbocycles. The van der Waals surface area contributed by atoms with E-state index in [0.717, 1.165) is 0 Å². The molecule has 6 nitrogen and oxygen atoms in total. The molecule has 0 bridgehead atoms. The summed E-state index contributed by atoms with van der Waals surface area (Å²) in [6, 6.07) is 4.30. The third kappa shape index (κ3) is 2.17. The van der Waals surface area contributed by atoms with Gasteiger partial charge in [-0.25, -0.2) is 0 Å². The van der Waals surface area contributed by atoms with E-state index in [2.05, 4.69) is 0 Å². The normalized spacial score (nSPS) is 14.6. The zero-order chi connectivity index (χ0) is 11.5. The summed E-state index contributed by atoms with van der Waals surface area (Å²) in [5, 5.41) is 0. The minimum atomic E-state index is -0.814. The standard InChI is InChI=1S/C10H12N2O4/c11-7(10(12)13)4-14-6-1-2-8-9(3-6)16-5-15-8/h1-3,7H,4-5,11H2,(H2,12,13). The van der Waals surface area contributed by atoms with Crippen LogP contribution in [0.25, 0.3) is 0 Å². The zero-order valence-electron chi connectivity index (χ0n) is 8.51. The van der Waals surface area contributed by atoms with Crippen molar-refractivity contribution in [3.63, 3.8) is 0 Å². The van der Waals surface area contributed by atoms with E-state index in [9.17, 15) is 4.79 Å². The number of fused-ring (bicyclic) bond motifs is 1. The van der Waals surface area contributed by atoms with Crippen molar-refractivity contribution >= 4 is 5.91 Å². The summed E-state index contributed by atoms with van der Waals surface area (Å²) in [6.45, 7) is 0.245. The minimum absolute atomic E-state index is 0.0367. The predicted octanol–water partition coefficient (Wildman–Crippen LogP) is -0.393. The first-order valence-corrected chi connectivity index (χ1v) is 4.74. The molecule has 1 aliphatic rings. The van der Waals surface area contributed by atoms with E-state index in [-0.39, 0.29) is 13.4 Å². The van der Waals surface area contributed by atoms with Gasteiger partial charge in [-0.1, -0.05) is 0 Å². The Hall–Kier alpha value is -1.95. The molecule has 1 heterocycles. The molecule has 1 amide bonds. The lowest BCUT2D eigenvalue weighted by Crippen LogP contribution is -2.41. The van der Waals surface area contributed by atoms with Gasteiger partial charge in [-0.15, -0.1) is 0 Å². The number of ether oxygens (including phenoxy) is 3. The fourth-order valence-corrected chi connectivity index (χ4v) is 1.23. The molecule has 0 spiro atoms. The SMILES string of the molecule is NC(=O)C(N)COc1ccc2c(c1)OCO2. The molecule has 86 valence electrons. The Bertz CT molecular complexity index is 408. The van der Waals surface area contributed by atoms with Crippen LogP contribution < -0.4 is 25.7 Å². The molecule has 6 heteroatoms. The molecule has 1 aromatic rings. The lowest BCUT2D eigenvalue weighted by Gasteiger charge is -2.10. The van der Waals surface area contributed by atoms with E-state index in [1.165, 1.54) is 0 Å². The summed E-state index contributed by atoms with van der Waals surface area (Å²) in [4.78, 5) is 10.7. The molecular weight excluding hydrogens is 212 g/mol. The Labute approximate surface area is 92.1 Å². The van der Waals surface area contributed by atoms with Crippen molar-refractivity contribution in [3.8, 4) is 17.2 Å². The molecule has 0 saturated heterocycles. The number of nitrogens with two attached hydrogens (primary N) is 2. The Morgan fingerprint density at radius 2 is 2.19 bits per heavy atom. The van der Waals surface area contributed by atoms with Gasteiger partial charge in [0.2, 0.25) is 12.7 Å². The molecule has 1 atom stereocenters. The number of rotatable bonds is 4. The molecule has 4 N–H and O–H groups in total. The molecule has 1 aliphatic heterocycles. The molecule has 0 aromatic heterocycles. The van der Waals surface area contributed by atoms with E-state index in [1.807, 2.05) is 0 Å². The highest BCUT2D eigenvalue weighted by molar-refractivity contribution is 5.79. The highest BCUT2D eigenvalue weighted by atomic mass is 16.7.